The van der Waals surface area contributed by atoms with Gasteiger partial charge in [-0.25, -0.2) is 9.59 Å². The third kappa shape index (κ3) is 5.20. The first-order chi connectivity index (χ1) is 9.53. The molecule has 0 aromatic carbocycles. The van der Waals surface area contributed by atoms with Gasteiger partial charge in [-0.15, -0.1) is 0 Å². The second kappa shape index (κ2) is 8.36. The third-order valence-corrected chi connectivity index (χ3v) is 5.20. The molecule has 1 unspecified atom stereocenters. The molecule has 1 saturated carbocycles. The van der Waals surface area contributed by atoms with Gasteiger partial charge in [-0.2, -0.15) is 11.8 Å². The van der Waals surface area contributed by atoms with Crippen LogP contribution in [0.3, 0.4) is 0 Å². The van der Waals surface area contributed by atoms with Crippen LogP contribution in [0.4, 0.5) is 4.79 Å². The largest absolute Gasteiger partial charge is 0.479 e. The molecule has 1 fully saturated rings. The molecule has 3 N–H and O–H groups in total. The fourth-order valence-electron chi connectivity index (χ4n) is 2.41. The molecule has 1 aliphatic carbocycles. The lowest BCUT2D eigenvalue weighted by Crippen LogP contribution is -2.48. The van der Waals surface area contributed by atoms with Gasteiger partial charge in [0.25, 0.3) is 0 Å². The summed E-state index contributed by atoms with van der Waals surface area (Å²) in [5.74, 6) is -1.08. The van der Waals surface area contributed by atoms with Crippen LogP contribution in [0.5, 0.6) is 0 Å². The summed E-state index contributed by atoms with van der Waals surface area (Å²) in [5.41, 5.74) is 0. The lowest BCUT2D eigenvalue weighted by atomic mass is 9.88. The molecule has 0 aromatic heterocycles. The van der Waals surface area contributed by atoms with E-state index < -0.39 is 12.1 Å². The number of carboxylic acids is 1. The fourth-order valence-corrected chi connectivity index (χ4v) is 3.32. The Kier molecular flexibility index (Phi) is 7.15. The van der Waals surface area contributed by atoms with Gasteiger partial charge in [0, 0.05) is 18.4 Å². The fraction of sp³-hybridized carbons (Fsp3) is 0.846. The van der Waals surface area contributed by atoms with Crippen molar-refractivity contribution in [2.45, 2.75) is 43.0 Å². The normalized spacial score (nSPS) is 19.1. The van der Waals surface area contributed by atoms with E-state index in [0.29, 0.717) is 6.54 Å². The SMILES string of the molecule is COC(CNC(=O)NCC1(SC)CCCCC1)C(=O)O. The van der Waals surface area contributed by atoms with Crippen molar-refractivity contribution in [2.75, 3.05) is 26.5 Å². The molecule has 6 nitrogen and oxygen atoms in total. The molecule has 2 amide bonds. The maximum Gasteiger partial charge on any atom is 0.334 e. The number of nitrogens with one attached hydrogen (secondary N) is 2. The van der Waals surface area contributed by atoms with Crippen molar-refractivity contribution in [3.05, 3.63) is 0 Å². The molecule has 1 rings (SSSR count). The van der Waals surface area contributed by atoms with E-state index in [1.807, 2.05) is 11.8 Å². The molecular weight excluding hydrogens is 280 g/mol. The maximum atomic E-state index is 11.7. The van der Waals surface area contributed by atoms with Crippen molar-refractivity contribution < 1.29 is 19.4 Å². The molecule has 0 saturated heterocycles. The Morgan fingerprint density at radius 3 is 2.45 bits per heavy atom. The minimum absolute atomic E-state index is 0.0378. The number of ether oxygens (including phenoxy) is 1. The van der Waals surface area contributed by atoms with Crippen molar-refractivity contribution in [3.8, 4) is 0 Å². The minimum atomic E-state index is -1.08. The lowest BCUT2D eigenvalue weighted by molar-refractivity contribution is -0.147. The van der Waals surface area contributed by atoms with E-state index in [-0.39, 0.29) is 17.3 Å². The van der Waals surface area contributed by atoms with Crippen molar-refractivity contribution in [2.24, 2.45) is 0 Å². The summed E-state index contributed by atoms with van der Waals surface area (Å²) < 4.78 is 4.88. The van der Waals surface area contributed by atoms with Gasteiger partial charge in [-0.3, -0.25) is 0 Å². The number of rotatable bonds is 7. The van der Waals surface area contributed by atoms with E-state index >= 15 is 0 Å². The molecule has 1 aliphatic rings. The number of amides is 2. The van der Waals surface area contributed by atoms with Crippen molar-refractivity contribution in [1.82, 2.24) is 10.6 Å². The minimum Gasteiger partial charge on any atom is -0.479 e. The van der Waals surface area contributed by atoms with Gasteiger partial charge < -0.3 is 20.5 Å². The number of methoxy groups -OCH3 is 1. The molecule has 0 spiro atoms. The van der Waals surface area contributed by atoms with Gasteiger partial charge in [0.1, 0.15) is 0 Å². The van der Waals surface area contributed by atoms with Crippen molar-refractivity contribution in [3.63, 3.8) is 0 Å². The number of aliphatic carboxylic acids is 1. The highest BCUT2D eigenvalue weighted by Gasteiger charge is 2.31. The summed E-state index contributed by atoms with van der Waals surface area (Å²) in [4.78, 5) is 22.5. The molecule has 0 radical (unpaired) electrons. The van der Waals surface area contributed by atoms with Crippen LogP contribution < -0.4 is 10.6 Å². The topological polar surface area (TPSA) is 87.7 Å². The van der Waals surface area contributed by atoms with Gasteiger partial charge in [0.05, 0.1) is 6.54 Å². The summed E-state index contributed by atoms with van der Waals surface area (Å²) in [6.45, 7) is 0.578. The molecule has 1 atom stereocenters. The van der Waals surface area contributed by atoms with E-state index in [9.17, 15) is 9.59 Å². The van der Waals surface area contributed by atoms with Crippen molar-refractivity contribution in [1.29, 1.82) is 0 Å². The Balaban J connectivity index is 2.33. The van der Waals surface area contributed by atoms with E-state index in [4.69, 9.17) is 9.84 Å². The summed E-state index contributed by atoms with van der Waals surface area (Å²) in [6.07, 6.45) is 6.97. The lowest BCUT2D eigenvalue weighted by Gasteiger charge is -2.35. The van der Waals surface area contributed by atoms with Crippen LogP contribution in [0.15, 0.2) is 0 Å². The molecule has 20 heavy (non-hydrogen) atoms. The summed E-state index contributed by atoms with van der Waals surface area (Å²) >= 11 is 1.81. The smallest absolute Gasteiger partial charge is 0.334 e. The van der Waals surface area contributed by atoms with Crippen LogP contribution >= 0.6 is 11.8 Å². The van der Waals surface area contributed by atoms with Gasteiger partial charge in [0.2, 0.25) is 0 Å². The van der Waals surface area contributed by atoms with E-state index in [2.05, 4.69) is 16.9 Å². The van der Waals surface area contributed by atoms with Gasteiger partial charge in [0.15, 0.2) is 6.10 Å². The summed E-state index contributed by atoms with van der Waals surface area (Å²) in [6, 6.07) is -0.340. The van der Waals surface area contributed by atoms with Gasteiger partial charge in [-0.05, 0) is 19.1 Å². The monoisotopic (exact) mass is 304 g/mol. The van der Waals surface area contributed by atoms with E-state index in [1.54, 1.807) is 0 Å². The van der Waals surface area contributed by atoms with Gasteiger partial charge in [-0.1, -0.05) is 19.3 Å². The number of carboxylic acid groups (broad SMARTS) is 1. The highest BCUT2D eigenvalue weighted by atomic mass is 32.2. The zero-order chi connectivity index (χ0) is 15.0. The average molecular weight is 304 g/mol. The second-order valence-electron chi connectivity index (χ2n) is 5.07. The molecule has 7 heteroatoms. The van der Waals surface area contributed by atoms with Gasteiger partial charge >= 0.3 is 12.0 Å². The number of thioether (sulfide) groups is 1. The Morgan fingerprint density at radius 2 is 1.95 bits per heavy atom. The quantitative estimate of drug-likeness (QED) is 0.662. The molecule has 0 heterocycles. The number of hydrogen-bond acceptors (Lipinski definition) is 4. The summed E-state index contributed by atoms with van der Waals surface area (Å²) in [5, 5.41) is 14.2. The summed E-state index contributed by atoms with van der Waals surface area (Å²) in [7, 11) is 1.31. The standard InChI is InChI=1S/C13H24N2O4S/c1-19-10(11(16)17)8-14-12(18)15-9-13(20-2)6-4-3-5-7-13/h10H,3-9H2,1-2H3,(H,16,17)(H2,14,15,18). The van der Waals surface area contributed by atoms with Crippen LogP contribution in [0.1, 0.15) is 32.1 Å². The third-order valence-electron chi connectivity index (χ3n) is 3.78. The Hall–Kier alpha value is -0.950. The van der Waals surface area contributed by atoms with Crippen LogP contribution in [0.2, 0.25) is 0 Å². The second-order valence-corrected chi connectivity index (χ2v) is 6.35. The number of carbonyl (C=O) groups excluding carboxylic acids is 1. The van der Waals surface area contributed by atoms with E-state index in [1.165, 1.54) is 26.4 Å². The predicted molar refractivity (Wildman–Crippen MR) is 79.2 cm³/mol. The van der Waals surface area contributed by atoms with Crippen LogP contribution in [0, 0.1) is 0 Å². The zero-order valence-electron chi connectivity index (χ0n) is 12.1. The highest BCUT2D eigenvalue weighted by molar-refractivity contribution is 8.00. The first-order valence-electron chi connectivity index (χ1n) is 6.85. The van der Waals surface area contributed by atoms with Crippen LogP contribution in [-0.4, -0.2) is 54.4 Å². The molecule has 0 aromatic rings. The van der Waals surface area contributed by atoms with Crippen LogP contribution in [0.25, 0.3) is 0 Å². The maximum absolute atomic E-state index is 11.7. The molecule has 0 aliphatic heterocycles. The molecule has 116 valence electrons. The number of carbonyl (C=O) groups is 2. The van der Waals surface area contributed by atoms with Crippen molar-refractivity contribution >= 4 is 23.8 Å². The van der Waals surface area contributed by atoms with E-state index in [0.717, 1.165) is 12.8 Å². The number of hydrogen-bond donors (Lipinski definition) is 3. The first kappa shape index (κ1) is 17.1. The Morgan fingerprint density at radius 1 is 1.30 bits per heavy atom. The Labute approximate surface area is 124 Å². The predicted octanol–water partition coefficient (Wildman–Crippen LogP) is 1.45. The molecular formula is C13H24N2O4S. The number of urea groups is 1. The van der Waals surface area contributed by atoms with Crippen LogP contribution in [-0.2, 0) is 9.53 Å². The zero-order valence-corrected chi connectivity index (χ0v) is 12.9. The highest BCUT2D eigenvalue weighted by Crippen LogP contribution is 2.37. The molecule has 0 bridgehead atoms. The first-order valence-corrected chi connectivity index (χ1v) is 8.08. The Bertz CT molecular complexity index is 332. The average Bonchev–Trinajstić information content (AvgIpc) is 2.46.